The number of amides is 1. The zero-order valence-electron chi connectivity index (χ0n) is 20.4. The summed E-state index contributed by atoms with van der Waals surface area (Å²) in [5.41, 5.74) is 1.80. The lowest BCUT2D eigenvalue weighted by Gasteiger charge is -2.26. The van der Waals surface area contributed by atoms with Gasteiger partial charge in [0.05, 0.1) is 31.4 Å². The van der Waals surface area contributed by atoms with Crippen molar-refractivity contribution >= 4 is 33.9 Å². The first-order valence-electron chi connectivity index (χ1n) is 11.7. The molecule has 1 aliphatic heterocycles. The highest BCUT2D eigenvalue weighted by molar-refractivity contribution is 9.10. The monoisotopic (exact) mass is 556 g/mol. The minimum Gasteiger partial charge on any atom is -0.493 e. The molecule has 36 heavy (non-hydrogen) atoms. The lowest BCUT2D eigenvalue weighted by molar-refractivity contribution is -0.134. The van der Waals surface area contributed by atoms with Crippen LogP contribution in [0.4, 0.5) is 0 Å². The van der Waals surface area contributed by atoms with Gasteiger partial charge in [0, 0.05) is 19.5 Å². The van der Waals surface area contributed by atoms with Crippen LogP contribution in [0.2, 0.25) is 0 Å². The molecule has 0 aromatic heterocycles. The van der Waals surface area contributed by atoms with E-state index in [4.69, 9.17) is 18.9 Å². The summed E-state index contributed by atoms with van der Waals surface area (Å²) < 4.78 is 22.7. The predicted molar refractivity (Wildman–Crippen MR) is 138 cm³/mol. The minimum atomic E-state index is -0.416. The summed E-state index contributed by atoms with van der Waals surface area (Å²) in [6, 6.07) is 12.8. The molecular weight excluding hydrogens is 528 g/mol. The number of ether oxygens (including phenoxy) is 4. The Labute approximate surface area is 219 Å². The summed E-state index contributed by atoms with van der Waals surface area (Å²) in [6.07, 6.45) is 3.09. The third-order valence-corrected chi connectivity index (χ3v) is 6.18. The number of nitrogens with zero attached hydrogens (tertiary/aromatic N) is 2. The molecule has 3 rings (SSSR count). The van der Waals surface area contributed by atoms with Crippen molar-refractivity contribution in [1.82, 2.24) is 4.90 Å². The summed E-state index contributed by atoms with van der Waals surface area (Å²) in [6.45, 7) is 4.26. The zero-order chi connectivity index (χ0) is 25.9. The fourth-order valence-corrected chi connectivity index (χ4v) is 4.10. The van der Waals surface area contributed by atoms with Gasteiger partial charge in [0.2, 0.25) is 0 Å². The topological polar surface area (TPSA) is 98.1 Å². The second kappa shape index (κ2) is 13.7. The molecule has 0 N–H and O–H groups in total. The van der Waals surface area contributed by atoms with Crippen LogP contribution < -0.4 is 14.2 Å². The van der Waals surface area contributed by atoms with Gasteiger partial charge in [-0.15, -0.1) is 0 Å². The highest BCUT2D eigenvalue weighted by atomic mass is 79.9. The van der Waals surface area contributed by atoms with Crippen molar-refractivity contribution in [3.8, 4) is 23.3 Å². The van der Waals surface area contributed by atoms with E-state index in [1.807, 2.05) is 24.3 Å². The maximum Gasteiger partial charge on any atom is 0.311 e. The largest absolute Gasteiger partial charge is 0.493 e. The summed E-state index contributed by atoms with van der Waals surface area (Å²) in [5, 5.41) is 9.49. The molecule has 1 heterocycles. The number of nitriles is 1. The number of rotatable bonds is 10. The van der Waals surface area contributed by atoms with E-state index in [2.05, 4.69) is 22.9 Å². The van der Waals surface area contributed by atoms with Crippen LogP contribution in [-0.2, 0) is 20.7 Å². The normalized spacial score (nSPS) is 13.6. The van der Waals surface area contributed by atoms with Crippen LogP contribution >= 0.6 is 15.9 Å². The highest BCUT2D eigenvalue weighted by Crippen LogP contribution is 2.30. The molecule has 2 aromatic carbocycles. The second-order valence-corrected chi connectivity index (χ2v) is 8.88. The molecule has 0 bridgehead atoms. The number of methoxy groups -OCH3 is 1. The zero-order valence-corrected chi connectivity index (χ0v) is 22.0. The van der Waals surface area contributed by atoms with Crippen molar-refractivity contribution < 1.29 is 28.5 Å². The van der Waals surface area contributed by atoms with E-state index in [0.717, 1.165) is 16.6 Å². The smallest absolute Gasteiger partial charge is 0.311 e. The Morgan fingerprint density at radius 3 is 2.56 bits per heavy atom. The molecule has 190 valence electrons. The Balaban J connectivity index is 1.56. The van der Waals surface area contributed by atoms with Crippen LogP contribution in [0.3, 0.4) is 0 Å². The number of aryl methyl sites for hydroxylation is 1. The van der Waals surface area contributed by atoms with Crippen molar-refractivity contribution in [2.45, 2.75) is 26.2 Å². The summed E-state index contributed by atoms with van der Waals surface area (Å²) in [7, 11) is 1.46. The van der Waals surface area contributed by atoms with Gasteiger partial charge in [0.1, 0.15) is 17.4 Å². The van der Waals surface area contributed by atoms with Crippen molar-refractivity contribution in [2.24, 2.45) is 0 Å². The fraction of sp³-hybridized carbons (Fsp3) is 0.370. The van der Waals surface area contributed by atoms with E-state index in [1.165, 1.54) is 18.7 Å². The third kappa shape index (κ3) is 7.57. The summed E-state index contributed by atoms with van der Waals surface area (Å²) in [4.78, 5) is 26.6. The van der Waals surface area contributed by atoms with Crippen LogP contribution in [0.1, 0.15) is 30.9 Å². The van der Waals surface area contributed by atoms with Crippen molar-refractivity contribution in [3.63, 3.8) is 0 Å². The molecule has 1 fully saturated rings. The number of carbonyl (C=O) groups is 2. The SMILES string of the molecule is CCc1ccc(OCCCC(=O)Oc2ccc(/C=C(\C#N)C(=O)N3CCOCC3)cc2OC)c(Br)c1. The standard InChI is InChI=1S/C27H29BrN2O6/c1-3-19-6-8-23(22(28)16-19)35-12-4-5-26(31)36-24-9-7-20(17-25(24)33-2)15-21(18-29)27(32)30-10-13-34-14-11-30/h6-9,15-17H,3-5,10-14H2,1-2H3/b21-15+. The first-order chi connectivity index (χ1) is 17.4. The summed E-state index contributed by atoms with van der Waals surface area (Å²) in [5.74, 6) is 0.558. The molecular formula is C27H29BrN2O6. The average Bonchev–Trinajstić information content (AvgIpc) is 2.91. The van der Waals surface area contributed by atoms with E-state index in [1.54, 1.807) is 23.1 Å². The fourth-order valence-electron chi connectivity index (χ4n) is 3.56. The van der Waals surface area contributed by atoms with E-state index >= 15 is 0 Å². The lowest BCUT2D eigenvalue weighted by Crippen LogP contribution is -2.41. The van der Waals surface area contributed by atoms with Crippen molar-refractivity contribution in [3.05, 3.63) is 57.6 Å². The Morgan fingerprint density at radius 1 is 1.14 bits per heavy atom. The van der Waals surface area contributed by atoms with Gasteiger partial charge in [0.25, 0.3) is 5.91 Å². The number of carbonyl (C=O) groups excluding carboxylic acids is 2. The van der Waals surface area contributed by atoms with Gasteiger partial charge >= 0.3 is 5.97 Å². The molecule has 9 heteroatoms. The van der Waals surface area contributed by atoms with Gasteiger partial charge < -0.3 is 23.8 Å². The molecule has 2 aromatic rings. The molecule has 8 nitrogen and oxygen atoms in total. The Bertz CT molecular complexity index is 1150. The first-order valence-corrected chi connectivity index (χ1v) is 12.5. The van der Waals surface area contributed by atoms with E-state index < -0.39 is 5.97 Å². The van der Waals surface area contributed by atoms with Gasteiger partial charge in [-0.25, -0.2) is 0 Å². The molecule has 0 atom stereocenters. The number of hydrogen-bond donors (Lipinski definition) is 0. The second-order valence-electron chi connectivity index (χ2n) is 8.03. The summed E-state index contributed by atoms with van der Waals surface area (Å²) >= 11 is 3.50. The Kier molecular flexibility index (Phi) is 10.3. The lowest BCUT2D eigenvalue weighted by atomic mass is 10.1. The van der Waals surface area contributed by atoms with Crippen molar-refractivity contribution in [1.29, 1.82) is 5.26 Å². The van der Waals surface area contributed by atoms with Gasteiger partial charge in [-0.05, 0) is 70.2 Å². The molecule has 1 saturated heterocycles. The molecule has 0 saturated carbocycles. The number of esters is 1. The highest BCUT2D eigenvalue weighted by Gasteiger charge is 2.21. The predicted octanol–water partition coefficient (Wildman–Crippen LogP) is 4.55. The maximum atomic E-state index is 12.6. The van der Waals surface area contributed by atoms with Gasteiger partial charge in [-0.3, -0.25) is 9.59 Å². The van der Waals surface area contributed by atoms with Crippen LogP contribution in [-0.4, -0.2) is 56.8 Å². The first kappa shape index (κ1) is 27.2. The number of morpholine rings is 1. The molecule has 0 spiro atoms. The van der Waals surface area contributed by atoms with Gasteiger partial charge in [-0.2, -0.15) is 5.26 Å². The molecule has 0 unspecified atom stereocenters. The van der Waals surface area contributed by atoms with Crippen LogP contribution in [0.5, 0.6) is 17.2 Å². The van der Waals surface area contributed by atoms with Crippen LogP contribution in [0.15, 0.2) is 46.4 Å². The van der Waals surface area contributed by atoms with E-state index in [0.29, 0.717) is 50.6 Å². The minimum absolute atomic E-state index is 0.0136. The maximum absolute atomic E-state index is 12.6. The van der Waals surface area contributed by atoms with Gasteiger partial charge in [0.15, 0.2) is 11.5 Å². The third-order valence-electron chi connectivity index (χ3n) is 5.56. The van der Waals surface area contributed by atoms with Gasteiger partial charge in [-0.1, -0.05) is 19.1 Å². The molecule has 1 amide bonds. The van der Waals surface area contributed by atoms with Crippen LogP contribution in [0, 0.1) is 11.3 Å². The molecule has 0 radical (unpaired) electrons. The van der Waals surface area contributed by atoms with Crippen LogP contribution in [0.25, 0.3) is 6.08 Å². The van der Waals surface area contributed by atoms with E-state index in [9.17, 15) is 14.9 Å². The number of halogens is 1. The average molecular weight is 557 g/mol. The quantitative estimate of drug-likeness (QED) is 0.139. The molecule has 1 aliphatic rings. The Hall–Kier alpha value is -3.35. The molecule has 0 aliphatic carbocycles. The number of hydrogen-bond acceptors (Lipinski definition) is 7. The Morgan fingerprint density at radius 2 is 1.89 bits per heavy atom. The van der Waals surface area contributed by atoms with Crippen molar-refractivity contribution in [2.75, 3.05) is 40.0 Å². The number of benzene rings is 2. The van der Waals surface area contributed by atoms with E-state index in [-0.39, 0.29) is 23.7 Å².